The highest BCUT2D eigenvalue weighted by molar-refractivity contribution is 8.26. The van der Waals surface area contributed by atoms with Gasteiger partial charge >= 0.3 is 0 Å². The summed E-state index contributed by atoms with van der Waals surface area (Å²) in [4.78, 5) is 25.1. The van der Waals surface area contributed by atoms with Crippen LogP contribution in [0.4, 0.5) is 4.39 Å². The molecule has 25 heavy (non-hydrogen) atoms. The Morgan fingerprint density at radius 1 is 1.20 bits per heavy atom. The number of hydrogen-bond acceptors (Lipinski definition) is 4. The van der Waals surface area contributed by atoms with Gasteiger partial charge in [0, 0.05) is 0 Å². The van der Waals surface area contributed by atoms with E-state index in [4.69, 9.17) is 23.8 Å². The van der Waals surface area contributed by atoms with Gasteiger partial charge in [-0.2, -0.15) is 5.01 Å². The first-order valence-electron chi connectivity index (χ1n) is 7.05. The third-order valence-corrected chi connectivity index (χ3v) is 4.93. The van der Waals surface area contributed by atoms with Gasteiger partial charge in [0.1, 0.15) is 5.82 Å². The van der Waals surface area contributed by atoms with E-state index in [-0.39, 0.29) is 20.7 Å². The zero-order chi connectivity index (χ0) is 18.0. The minimum Gasteiger partial charge on any atom is -0.267 e. The largest absolute Gasteiger partial charge is 0.285 e. The molecule has 1 heterocycles. The monoisotopic (exact) mass is 392 g/mol. The Balaban J connectivity index is 1.79. The van der Waals surface area contributed by atoms with Gasteiger partial charge in [0.25, 0.3) is 11.8 Å². The van der Waals surface area contributed by atoms with Crippen molar-refractivity contribution >= 4 is 57.8 Å². The van der Waals surface area contributed by atoms with Crippen LogP contribution in [0.2, 0.25) is 5.02 Å². The Morgan fingerprint density at radius 3 is 2.56 bits per heavy atom. The molecule has 3 rings (SSSR count). The Kier molecular flexibility index (Phi) is 5.17. The third-order valence-electron chi connectivity index (χ3n) is 3.29. The van der Waals surface area contributed by atoms with E-state index in [2.05, 4.69) is 5.43 Å². The number of hydrogen-bond donors (Lipinski definition) is 1. The highest BCUT2D eigenvalue weighted by atomic mass is 35.5. The number of carbonyl (C=O) groups is 2. The van der Waals surface area contributed by atoms with Crippen LogP contribution in [0.3, 0.4) is 0 Å². The standard InChI is InChI=1S/C17H10ClFN2O2S2/c18-13-4-2-1-3-12(13)15(22)20-21-16(23)14(25-17(21)24)9-10-5-7-11(19)8-6-10/h1-9H,(H,20,22)/b14-9-. The summed E-state index contributed by atoms with van der Waals surface area (Å²) in [5.41, 5.74) is 3.35. The number of benzene rings is 2. The number of thiocarbonyl (C=S) groups is 1. The summed E-state index contributed by atoms with van der Waals surface area (Å²) < 4.78 is 13.2. The average Bonchev–Trinajstić information content (AvgIpc) is 2.85. The number of hydrazine groups is 1. The predicted octanol–water partition coefficient (Wildman–Crippen LogP) is 4.03. The maximum atomic E-state index is 13.0. The summed E-state index contributed by atoms with van der Waals surface area (Å²) in [5, 5.41) is 1.27. The molecule has 2 aromatic rings. The quantitative estimate of drug-likeness (QED) is 0.633. The van der Waals surface area contributed by atoms with Crippen molar-refractivity contribution in [2.45, 2.75) is 0 Å². The van der Waals surface area contributed by atoms with E-state index < -0.39 is 11.8 Å². The van der Waals surface area contributed by atoms with Gasteiger partial charge in [-0.3, -0.25) is 15.0 Å². The molecule has 0 radical (unpaired) electrons. The Hall–Kier alpha value is -2.22. The lowest BCUT2D eigenvalue weighted by molar-refractivity contribution is -0.123. The molecule has 4 nitrogen and oxygen atoms in total. The average molecular weight is 393 g/mol. The second-order valence-corrected chi connectivity index (χ2v) is 7.07. The summed E-state index contributed by atoms with van der Waals surface area (Å²) in [6.07, 6.45) is 1.58. The molecular weight excluding hydrogens is 383 g/mol. The van der Waals surface area contributed by atoms with Crippen LogP contribution in [0.25, 0.3) is 6.08 Å². The van der Waals surface area contributed by atoms with Gasteiger partial charge in [0.15, 0.2) is 4.32 Å². The van der Waals surface area contributed by atoms with Crippen molar-refractivity contribution in [3.8, 4) is 0 Å². The number of carbonyl (C=O) groups excluding carboxylic acids is 2. The van der Waals surface area contributed by atoms with E-state index in [1.807, 2.05) is 0 Å². The molecule has 1 saturated heterocycles. The lowest BCUT2D eigenvalue weighted by Gasteiger charge is -2.16. The second-order valence-electron chi connectivity index (χ2n) is 4.99. The fourth-order valence-corrected chi connectivity index (χ4v) is 3.48. The van der Waals surface area contributed by atoms with Crippen LogP contribution in [-0.2, 0) is 4.79 Å². The van der Waals surface area contributed by atoms with Gasteiger partial charge in [-0.1, -0.05) is 47.6 Å². The second kappa shape index (κ2) is 7.35. The zero-order valence-corrected chi connectivity index (χ0v) is 14.9. The normalized spacial score (nSPS) is 15.8. The topological polar surface area (TPSA) is 49.4 Å². The fraction of sp³-hybridized carbons (Fsp3) is 0. The van der Waals surface area contributed by atoms with E-state index in [0.29, 0.717) is 10.5 Å². The number of amides is 2. The van der Waals surface area contributed by atoms with Gasteiger partial charge in [-0.25, -0.2) is 4.39 Å². The zero-order valence-electron chi connectivity index (χ0n) is 12.5. The summed E-state index contributed by atoms with van der Waals surface area (Å²) >= 11 is 12.2. The van der Waals surface area contributed by atoms with Crippen LogP contribution >= 0.6 is 35.6 Å². The Bertz CT molecular complexity index is 900. The van der Waals surface area contributed by atoms with Crippen LogP contribution in [0.5, 0.6) is 0 Å². The van der Waals surface area contributed by atoms with Crippen molar-refractivity contribution in [1.29, 1.82) is 0 Å². The van der Waals surface area contributed by atoms with E-state index >= 15 is 0 Å². The third kappa shape index (κ3) is 3.89. The van der Waals surface area contributed by atoms with Gasteiger partial charge in [-0.15, -0.1) is 0 Å². The van der Waals surface area contributed by atoms with Gasteiger partial charge in [-0.05, 0) is 48.1 Å². The number of nitrogens with zero attached hydrogens (tertiary/aromatic N) is 1. The molecule has 126 valence electrons. The SMILES string of the molecule is O=C(NN1C(=O)/C(=C/c2ccc(F)cc2)SC1=S)c1ccccc1Cl. The minimum atomic E-state index is -0.537. The lowest BCUT2D eigenvalue weighted by atomic mass is 10.2. The van der Waals surface area contributed by atoms with Gasteiger partial charge in [0.05, 0.1) is 15.5 Å². The van der Waals surface area contributed by atoms with Crippen LogP contribution < -0.4 is 5.43 Å². The molecule has 1 N–H and O–H groups in total. The summed E-state index contributed by atoms with van der Waals surface area (Å²) in [5.74, 6) is -1.36. The molecule has 8 heteroatoms. The van der Waals surface area contributed by atoms with Crippen molar-refractivity contribution < 1.29 is 14.0 Å². The number of halogens is 2. The predicted molar refractivity (Wildman–Crippen MR) is 100 cm³/mol. The molecule has 0 saturated carbocycles. The van der Waals surface area contributed by atoms with Crippen molar-refractivity contribution in [2.24, 2.45) is 0 Å². The molecule has 1 aliphatic heterocycles. The Labute approximate surface area is 157 Å². The van der Waals surface area contributed by atoms with Gasteiger partial charge in [0.2, 0.25) is 0 Å². The molecule has 0 aliphatic carbocycles. The van der Waals surface area contributed by atoms with Crippen molar-refractivity contribution in [1.82, 2.24) is 10.4 Å². The molecule has 1 fully saturated rings. The number of rotatable bonds is 3. The molecular formula is C17H10ClFN2O2S2. The van der Waals surface area contributed by atoms with Crippen LogP contribution in [0, 0.1) is 5.82 Å². The number of nitrogens with one attached hydrogen (secondary N) is 1. The van der Waals surface area contributed by atoms with Gasteiger partial charge < -0.3 is 0 Å². The number of thioether (sulfide) groups is 1. The first kappa shape index (κ1) is 17.6. The molecule has 1 aliphatic rings. The lowest BCUT2D eigenvalue weighted by Crippen LogP contribution is -2.44. The van der Waals surface area contributed by atoms with E-state index in [9.17, 15) is 14.0 Å². The highest BCUT2D eigenvalue weighted by Crippen LogP contribution is 2.31. The maximum Gasteiger partial charge on any atom is 0.285 e. The minimum absolute atomic E-state index is 0.193. The molecule has 0 atom stereocenters. The van der Waals surface area contributed by atoms with Crippen LogP contribution in [-0.4, -0.2) is 21.1 Å². The highest BCUT2D eigenvalue weighted by Gasteiger charge is 2.34. The first-order valence-corrected chi connectivity index (χ1v) is 8.65. The summed E-state index contributed by atoms with van der Waals surface area (Å²) in [6, 6.07) is 12.2. The summed E-state index contributed by atoms with van der Waals surface area (Å²) in [7, 11) is 0. The fourth-order valence-electron chi connectivity index (χ4n) is 2.08. The van der Waals surface area contributed by atoms with E-state index in [0.717, 1.165) is 16.8 Å². The smallest absolute Gasteiger partial charge is 0.267 e. The van der Waals surface area contributed by atoms with Crippen molar-refractivity contribution in [3.05, 3.63) is 75.4 Å². The summed E-state index contributed by atoms with van der Waals surface area (Å²) in [6.45, 7) is 0. The van der Waals surface area contributed by atoms with Crippen LogP contribution in [0.15, 0.2) is 53.4 Å². The Morgan fingerprint density at radius 2 is 1.88 bits per heavy atom. The molecule has 0 aromatic heterocycles. The molecule has 2 amide bonds. The van der Waals surface area contributed by atoms with E-state index in [1.54, 1.807) is 42.5 Å². The molecule has 2 aromatic carbocycles. The molecule has 0 spiro atoms. The molecule has 0 unspecified atom stereocenters. The molecule has 0 bridgehead atoms. The van der Waals surface area contributed by atoms with Crippen molar-refractivity contribution in [2.75, 3.05) is 0 Å². The van der Waals surface area contributed by atoms with E-state index in [1.165, 1.54) is 12.1 Å². The first-order chi connectivity index (χ1) is 12.0. The van der Waals surface area contributed by atoms with Crippen molar-refractivity contribution in [3.63, 3.8) is 0 Å². The van der Waals surface area contributed by atoms with Crippen LogP contribution in [0.1, 0.15) is 15.9 Å². The maximum absolute atomic E-state index is 13.0.